The van der Waals surface area contributed by atoms with Gasteiger partial charge in [0.05, 0.1) is 0 Å². The van der Waals surface area contributed by atoms with Gasteiger partial charge in [0.15, 0.2) is 0 Å². The zero-order valence-corrected chi connectivity index (χ0v) is 9.46. The van der Waals surface area contributed by atoms with Crippen LogP contribution in [0.2, 0.25) is 0 Å². The number of hydrogen-bond donors (Lipinski definition) is 3. The van der Waals surface area contributed by atoms with Gasteiger partial charge >= 0.3 is 0 Å². The summed E-state index contributed by atoms with van der Waals surface area (Å²) in [6.45, 7) is 5.60. The molecule has 0 radical (unpaired) electrons. The molecule has 0 heterocycles. The summed E-state index contributed by atoms with van der Waals surface area (Å²) in [6, 6.07) is 0. The molecule has 2 amide bonds. The van der Waals surface area contributed by atoms with E-state index in [2.05, 4.69) is 5.32 Å². The quantitative estimate of drug-likeness (QED) is 0.576. The van der Waals surface area contributed by atoms with Crippen LogP contribution in [0.5, 0.6) is 0 Å². The number of primary amides is 1. The van der Waals surface area contributed by atoms with Gasteiger partial charge in [-0.25, -0.2) is 0 Å². The van der Waals surface area contributed by atoms with Crippen LogP contribution in [-0.4, -0.2) is 17.4 Å². The molecule has 0 aromatic heterocycles. The Morgan fingerprint density at radius 1 is 1.27 bits per heavy atom. The molecule has 0 bridgehead atoms. The molecule has 0 saturated heterocycles. The van der Waals surface area contributed by atoms with E-state index in [4.69, 9.17) is 11.5 Å². The van der Waals surface area contributed by atoms with Crippen LogP contribution in [0.4, 0.5) is 0 Å². The van der Waals surface area contributed by atoms with Crippen molar-refractivity contribution in [2.24, 2.45) is 11.5 Å². The minimum Gasteiger partial charge on any atom is -0.402 e. The standard InChI is InChI=1S/C8H13N3O2.C2H6/c1-5(9)4-6(12)11-8(2-3-8)7(10)13;1-2/h4H,2-3,9H2,1H3,(H2,10,13)(H,11,12);1-2H3/b5-4-;. The Labute approximate surface area is 89.9 Å². The largest absolute Gasteiger partial charge is 0.402 e. The molecule has 0 atom stereocenters. The summed E-state index contributed by atoms with van der Waals surface area (Å²) in [7, 11) is 0. The summed E-state index contributed by atoms with van der Waals surface area (Å²) in [4.78, 5) is 22.0. The molecule has 86 valence electrons. The highest BCUT2D eigenvalue weighted by atomic mass is 16.2. The van der Waals surface area contributed by atoms with Crippen molar-refractivity contribution < 1.29 is 9.59 Å². The number of carbonyl (C=O) groups is 2. The monoisotopic (exact) mass is 213 g/mol. The van der Waals surface area contributed by atoms with Crippen LogP contribution in [0, 0.1) is 0 Å². The van der Waals surface area contributed by atoms with Crippen LogP contribution < -0.4 is 16.8 Å². The molecule has 1 aliphatic rings. The second kappa shape index (κ2) is 5.38. The average Bonchev–Trinajstić information content (AvgIpc) is 2.87. The Kier molecular flexibility index (Phi) is 4.84. The van der Waals surface area contributed by atoms with Crippen molar-refractivity contribution in [2.45, 2.75) is 39.2 Å². The summed E-state index contributed by atoms with van der Waals surface area (Å²) in [5.74, 6) is -0.847. The zero-order chi connectivity index (χ0) is 12.1. The van der Waals surface area contributed by atoms with Crippen LogP contribution in [0.1, 0.15) is 33.6 Å². The third-order valence-electron chi connectivity index (χ3n) is 1.94. The van der Waals surface area contributed by atoms with E-state index in [9.17, 15) is 9.59 Å². The smallest absolute Gasteiger partial charge is 0.246 e. The number of allylic oxidation sites excluding steroid dienone is 1. The number of amides is 2. The third-order valence-corrected chi connectivity index (χ3v) is 1.94. The van der Waals surface area contributed by atoms with E-state index >= 15 is 0 Å². The molecule has 1 rings (SSSR count). The fourth-order valence-corrected chi connectivity index (χ4v) is 1.04. The van der Waals surface area contributed by atoms with Crippen LogP contribution in [0.15, 0.2) is 11.8 Å². The van der Waals surface area contributed by atoms with E-state index in [1.165, 1.54) is 6.08 Å². The van der Waals surface area contributed by atoms with E-state index in [0.29, 0.717) is 18.5 Å². The summed E-state index contributed by atoms with van der Waals surface area (Å²) in [5.41, 5.74) is 10.00. The molecule has 0 spiro atoms. The van der Waals surface area contributed by atoms with E-state index in [0.717, 1.165) is 0 Å². The van der Waals surface area contributed by atoms with Crippen LogP contribution in [0.3, 0.4) is 0 Å². The fourth-order valence-electron chi connectivity index (χ4n) is 1.04. The maximum absolute atomic E-state index is 11.1. The number of carbonyl (C=O) groups excluding carboxylic acids is 2. The lowest BCUT2D eigenvalue weighted by molar-refractivity contribution is -0.126. The molecule has 1 aliphatic carbocycles. The van der Waals surface area contributed by atoms with Gasteiger partial charge in [-0.2, -0.15) is 0 Å². The molecule has 0 aromatic carbocycles. The Balaban J connectivity index is 0.000000921. The lowest BCUT2D eigenvalue weighted by Crippen LogP contribution is -2.46. The second-order valence-electron chi connectivity index (χ2n) is 3.32. The number of nitrogens with one attached hydrogen (secondary N) is 1. The lowest BCUT2D eigenvalue weighted by Gasteiger charge is -2.11. The molecule has 0 aromatic rings. The highest BCUT2D eigenvalue weighted by molar-refractivity contribution is 5.96. The topological polar surface area (TPSA) is 98.2 Å². The molecular weight excluding hydrogens is 194 g/mol. The molecular formula is C10H19N3O2. The van der Waals surface area contributed by atoms with Crippen LogP contribution in [0.25, 0.3) is 0 Å². The first-order valence-corrected chi connectivity index (χ1v) is 5.02. The zero-order valence-electron chi connectivity index (χ0n) is 9.46. The van der Waals surface area contributed by atoms with Crippen LogP contribution >= 0.6 is 0 Å². The normalized spacial score (nSPS) is 17.1. The van der Waals surface area contributed by atoms with Crippen LogP contribution in [-0.2, 0) is 9.59 Å². The highest BCUT2D eigenvalue weighted by Gasteiger charge is 2.49. The Morgan fingerprint density at radius 2 is 1.73 bits per heavy atom. The van der Waals surface area contributed by atoms with E-state index in [1.807, 2.05) is 13.8 Å². The number of hydrogen-bond acceptors (Lipinski definition) is 3. The van der Waals surface area contributed by atoms with Crippen molar-refractivity contribution in [3.05, 3.63) is 11.8 Å². The maximum Gasteiger partial charge on any atom is 0.246 e. The molecule has 1 fully saturated rings. The average molecular weight is 213 g/mol. The molecule has 5 heteroatoms. The van der Waals surface area contributed by atoms with Crippen molar-refractivity contribution in [2.75, 3.05) is 0 Å². The summed E-state index contributed by atoms with van der Waals surface area (Å²) < 4.78 is 0. The molecule has 5 N–H and O–H groups in total. The van der Waals surface area contributed by atoms with E-state index in [1.54, 1.807) is 6.92 Å². The molecule has 15 heavy (non-hydrogen) atoms. The molecule has 5 nitrogen and oxygen atoms in total. The van der Waals surface area contributed by atoms with E-state index in [-0.39, 0.29) is 5.91 Å². The first kappa shape index (κ1) is 13.5. The summed E-state index contributed by atoms with van der Waals surface area (Å²) in [6.07, 6.45) is 2.47. The van der Waals surface area contributed by atoms with Gasteiger partial charge in [-0.15, -0.1) is 0 Å². The SMILES string of the molecule is C/C(N)=C/C(=O)NC1(C(N)=O)CC1.CC. The van der Waals surface area contributed by atoms with Gasteiger partial charge in [0.2, 0.25) is 11.8 Å². The fraction of sp³-hybridized carbons (Fsp3) is 0.600. The molecule has 0 unspecified atom stereocenters. The van der Waals surface area contributed by atoms with Crippen molar-refractivity contribution in [1.82, 2.24) is 5.32 Å². The predicted molar refractivity (Wildman–Crippen MR) is 58.6 cm³/mol. The van der Waals surface area contributed by atoms with E-state index < -0.39 is 11.4 Å². The van der Waals surface area contributed by atoms with Gasteiger partial charge in [0.25, 0.3) is 0 Å². The predicted octanol–water partition coefficient (Wildman–Crippen LogP) is 0.00920. The van der Waals surface area contributed by atoms with Gasteiger partial charge in [-0.3, -0.25) is 9.59 Å². The van der Waals surface area contributed by atoms with Crippen molar-refractivity contribution in [3.8, 4) is 0 Å². The minimum atomic E-state index is -0.803. The highest BCUT2D eigenvalue weighted by Crippen LogP contribution is 2.34. The van der Waals surface area contributed by atoms with Gasteiger partial charge in [0.1, 0.15) is 5.54 Å². The van der Waals surface area contributed by atoms with Gasteiger partial charge in [-0.05, 0) is 19.8 Å². The Bertz CT molecular complexity index is 276. The summed E-state index contributed by atoms with van der Waals surface area (Å²) in [5, 5.41) is 2.53. The lowest BCUT2D eigenvalue weighted by atomic mass is 10.2. The first-order chi connectivity index (χ1) is 6.96. The Morgan fingerprint density at radius 3 is 2.00 bits per heavy atom. The first-order valence-electron chi connectivity index (χ1n) is 5.02. The summed E-state index contributed by atoms with van der Waals surface area (Å²) >= 11 is 0. The van der Waals surface area contributed by atoms with Crippen molar-refractivity contribution in [3.63, 3.8) is 0 Å². The number of nitrogens with two attached hydrogens (primary N) is 2. The minimum absolute atomic E-state index is 0.365. The van der Waals surface area contributed by atoms with Gasteiger partial charge < -0.3 is 16.8 Å². The third kappa shape index (κ3) is 4.01. The second-order valence-corrected chi connectivity index (χ2v) is 3.32. The van der Waals surface area contributed by atoms with Crippen molar-refractivity contribution in [1.29, 1.82) is 0 Å². The van der Waals surface area contributed by atoms with Gasteiger partial charge in [-0.1, -0.05) is 13.8 Å². The molecule has 1 saturated carbocycles. The number of rotatable bonds is 3. The van der Waals surface area contributed by atoms with Crippen molar-refractivity contribution >= 4 is 11.8 Å². The van der Waals surface area contributed by atoms with Gasteiger partial charge in [0, 0.05) is 11.8 Å². The maximum atomic E-state index is 11.1. The Hall–Kier alpha value is -1.52. The molecule has 0 aliphatic heterocycles.